The molecule has 0 saturated carbocycles. The number of carboxylic acids is 1. The van der Waals surface area contributed by atoms with E-state index >= 15 is 0 Å². The molecule has 5 heteroatoms. The van der Waals surface area contributed by atoms with Crippen LogP contribution in [0.4, 0.5) is 0 Å². The molecule has 0 rings (SSSR count). The first-order valence-corrected chi connectivity index (χ1v) is 5.17. The molecular formula is C10H20N2O3. The molecule has 15 heavy (non-hydrogen) atoms. The van der Waals surface area contributed by atoms with Crippen LogP contribution >= 0.6 is 0 Å². The SMILES string of the molecule is CCC(N)C(=O)N[C@@H](CC(C)C)C(=O)O. The lowest BCUT2D eigenvalue weighted by Gasteiger charge is -2.18. The lowest BCUT2D eigenvalue weighted by molar-refractivity contribution is -0.142. The second-order valence-electron chi connectivity index (χ2n) is 4.04. The highest BCUT2D eigenvalue weighted by Gasteiger charge is 2.23. The summed E-state index contributed by atoms with van der Waals surface area (Å²) in [5, 5.41) is 11.3. The highest BCUT2D eigenvalue weighted by Crippen LogP contribution is 2.05. The first-order valence-electron chi connectivity index (χ1n) is 5.17. The van der Waals surface area contributed by atoms with Gasteiger partial charge < -0.3 is 16.2 Å². The van der Waals surface area contributed by atoms with Gasteiger partial charge in [0.15, 0.2) is 0 Å². The Bertz CT molecular complexity index is 229. The molecular weight excluding hydrogens is 196 g/mol. The highest BCUT2D eigenvalue weighted by atomic mass is 16.4. The Balaban J connectivity index is 4.29. The zero-order valence-corrected chi connectivity index (χ0v) is 9.49. The number of rotatable bonds is 6. The van der Waals surface area contributed by atoms with Gasteiger partial charge in [0.1, 0.15) is 6.04 Å². The summed E-state index contributed by atoms with van der Waals surface area (Å²) < 4.78 is 0. The van der Waals surface area contributed by atoms with Gasteiger partial charge in [-0.25, -0.2) is 4.79 Å². The largest absolute Gasteiger partial charge is 0.480 e. The topological polar surface area (TPSA) is 92.4 Å². The minimum atomic E-state index is -1.01. The van der Waals surface area contributed by atoms with E-state index in [1.165, 1.54) is 0 Å². The van der Waals surface area contributed by atoms with Crippen molar-refractivity contribution in [1.29, 1.82) is 0 Å². The molecule has 5 nitrogen and oxygen atoms in total. The minimum absolute atomic E-state index is 0.212. The third-order valence-electron chi connectivity index (χ3n) is 2.10. The third kappa shape index (κ3) is 5.37. The van der Waals surface area contributed by atoms with Crippen LogP contribution in [0.3, 0.4) is 0 Å². The second kappa shape index (κ2) is 6.40. The summed E-state index contributed by atoms with van der Waals surface area (Å²) in [6.45, 7) is 5.59. The van der Waals surface area contributed by atoms with Crippen molar-refractivity contribution in [3.8, 4) is 0 Å². The van der Waals surface area contributed by atoms with E-state index in [4.69, 9.17) is 10.8 Å². The van der Waals surface area contributed by atoms with Crippen LogP contribution in [-0.4, -0.2) is 29.1 Å². The Hall–Kier alpha value is -1.10. The number of nitrogens with two attached hydrogens (primary N) is 1. The molecule has 0 aliphatic rings. The molecule has 0 saturated heterocycles. The molecule has 0 aromatic heterocycles. The van der Waals surface area contributed by atoms with Crippen molar-refractivity contribution < 1.29 is 14.7 Å². The Morgan fingerprint density at radius 1 is 1.40 bits per heavy atom. The van der Waals surface area contributed by atoms with Crippen LogP contribution in [-0.2, 0) is 9.59 Å². The van der Waals surface area contributed by atoms with E-state index in [-0.39, 0.29) is 5.92 Å². The molecule has 4 N–H and O–H groups in total. The Kier molecular flexibility index (Phi) is 5.93. The number of nitrogens with one attached hydrogen (secondary N) is 1. The van der Waals surface area contributed by atoms with Gasteiger partial charge in [0.2, 0.25) is 5.91 Å². The lowest BCUT2D eigenvalue weighted by atomic mass is 10.0. The van der Waals surface area contributed by atoms with E-state index in [0.29, 0.717) is 12.8 Å². The van der Waals surface area contributed by atoms with Crippen molar-refractivity contribution in [2.45, 2.75) is 45.7 Å². The van der Waals surface area contributed by atoms with Gasteiger partial charge in [-0.05, 0) is 18.8 Å². The van der Waals surface area contributed by atoms with E-state index in [0.717, 1.165) is 0 Å². The van der Waals surface area contributed by atoms with Gasteiger partial charge in [-0.15, -0.1) is 0 Å². The monoisotopic (exact) mass is 216 g/mol. The number of aliphatic carboxylic acids is 1. The number of hydrogen-bond donors (Lipinski definition) is 3. The lowest BCUT2D eigenvalue weighted by Crippen LogP contribution is -2.48. The Morgan fingerprint density at radius 3 is 2.27 bits per heavy atom. The van der Waals surface area contributed by atoms with E-state index < -0.39 is 24.0 Å². The molecule has 1 unspecified atom stereocenters. The van der Waals surface area contributed by atoms with Crippen molar-refractivity contribution in [3.05, 3.63) is 0 Å². The summed E-state index contributed by atoms with van der Waals surface area (Å²) in [6.07, 6.45) is 0.914. The molecule has 0 aliphatic heterocycles. The molecule has 0 radical (unpaired) electrons. The zero-order valence-electron chi connectivity index (χ0n) is 9.49. The third-order valence-corrected chi connectivity index (χ3v) is 2.10. The van der Waals surface area contributed by atoms with Crippen molar-refractivity contribution in [2.24, 2.45) is 11.7 Å². The van der Waals surface area contributed by atoms with Crippen molar-refractivity contribution in [3.63, 3.8) is 0 Å². The zero-order chi connectivity index (χ0) is 12.0. The molecule has 0 aromatic carbocycles. The van der Waals surface area contributed by atoms with Crippen LogP contribution < -0.4 is 11.1 Å². The summed E-state index contributed by atoms with van der Waals surface area (Å²) in [6, 6.07) is -1.46. The predicted molar refractivity (Wildman–Crippen MR) is 57.3 cm³/mol. The summed E-state index contributed by atoms with van der Waals surface area (Å²) in [4.78, 5) is 22.2. The number of amides is 1. The second-order valence-corrected chi connectivity index (χ2v) is 4.04. The summed E-state index contributed by atoms with van der Waals surface area (Å²) in [5.41, 5.74) is 5.49. The van der Waals surface area contributed by atoms with Gasteiger partial charge >= 0.3 is 5.97 Å². The number of carboxylic acid groups (broad SMARTS) is 1. The minimum Gasteiger partial charge on any atom is -0.480 e. The van der Waals surface area contributed by atoms with Gasteiger partial charge in [0.25, 0.3) is 0 Å². The fourth-order valence-corrected chi connectivity index (χ4v) is 1.16. The first-order chi connectivity index (χ1) is 6.88. The average molecular weight is 216 g/mol. The molecule has 0 aromatic rings. The standard InChI is InChI=1S/C10H20N2O3/c1-4-7(11)9(13)12-8(10(14)15)5-6(2)3/h6-8H,4-5,11H2,1-3H3,(H,12,13)(H,14,15)/t7?,8-/m0/s1. The van der Waals surface area contributed by atoms with E-state index in [9.17, 15) is 9.59 Å². The molecule has 88 valence electrons. The molecule has 0 aliphatic carbocycles. The number of hydrogen-bond acceptors (Lipinski definition) is 3. The van der Waals surface area contributed by atoms with Gasteiger partial charge in [0.05, 0.1) is 6.04 Å². The fraction of sp³-hybridized carbons (Fsp3) is 0.800. The maximum Gasteiger partial charge on any atom is 0.326 e. The Morgan fingerprint density at radius 2 is 1.93 bits per heavy atom. The maximum atomic E-state index is 11.4. The fourth-order valence-electron chi connectivity index (χ4n) is 1.16. The number of carbonyl (C=O) groups is 2. The van der Waals surface area contributed by atoms with E-state index in [2.05, 4.69) is 5.32 Å². The summed E-state index contributed by atoms with van der Waals surface area (Å²) in [7, 11) is 0. The highest BCUT2D eigenvalue weighted by molar-refractivity contribution is 5.86. The predicted octanol–water partition coefficient (Wildman–Crippen LogP) is 0.339. The number of carbonyl (C=O) groups excluding carboxylic acids is 1. The molecule has 0 fully saturated rings. The molecule has 0 heterocycles. The molecule has 0 bridgehead atoms. The molecule has 1 amide bonds. The molecule has 0 spiro atoms. The van der Waals surface area contributed by atoms with Crippen LogP contribution in [0, 0.1) is 5.92 Å². The van der Waals surface area contributed by atoms with Crippen molar-refractivity contribution >= 4 is 11.9 Å². The first kappa shape index (κ1) is 13.9. The summed E-state index contributed by atoms with van der Waals surface area (Å²) >= 11 is 0. The van der Waals surface area contributed by atoms with Crippen molar-refractivity contribution in [2.75, 3.05) is 0 Å². The molecule has 2 atom stereocenters. The summed E-state index contributed by atoms with van der Waals surface area (Å²) in [5.74, 6) is -1.20. The van der Waals surface area contributed by atoms with Crippen LogP contribution in [0.5, 0.6) is 0 Å². The normalized spacial score (nSPS) is 14.7. The average Bonchev–Trinajstić information content (AvgIpc) is 2.14. The van der Waals surface area contributed by atoms with Crippen molar-refractivity contribution in [1.82, 2.24) is 5.32 Å². The van der Waals surface area contributed by atoms with E-state index in [1.54, 1.807) is 6.92 Å². The van der Waals surface area contributed by atoms with Crippen LogP contribution in [0.1, 0.15) is 33.6 Å². The Labute approximate surface area is 90.0 Å². The van der Waals surface area contributed by atoms with Crippen LogP contribution in [0.2, 0.25) is 0 Å². The van der Waals surface area contributed by atoms with Gasteiger partial charge in [-0.1, -0.05) is 20.8 Å². The van der Waals surface area contributed by atoms with Gasteiger partial charge in [-0.2, -0.15) is 0 Å². The van der Waals surface area contributed by atoms with E-state index in [1.807, 2.05) is 13.8 Å². The van der Waals surface area contributed by atoms with Gasteiger partial charge in [0, 0.05) is 0 Å². The van der Waals surface area contributed by atoms with Crippen LogP contribution in [0.25, 0.3) is 0 Å². The maximum absolute atomic E-state index is 11.4. The quantitative estimate of drug-likeness (QED) is 0.597. The van der Waals surface area contributed by atoms with Crippen LogP contribution in [0.15, 0.2) is 0 Å². The smallest absolute Gasteiger partial charge is 0.326 e. The van der Waals surface area contributed by atoms with Gasteiger partial charge in [-0.3, -0.25) is 4.79 Å².